The SMILES string of the molecule is CC(=O)Oc1ccc(C(=O)N=C=O)cc1. The van der Waals surface area contributed by atoms with Crippen LogP contribution in [0.3, 0.4) is 0 Å². The van der Waals surface area contributed by atoms with Gasteiger partial charge in [-0.1, -0.05) is 0 Å². The highest BCUT2D eigenvalue weighted by Gasteiger charge is 2.04. The standard InChI is InChI=1S/C10H7NO4/c1-7(13)15-9-4-2-8(3-5-9)10(14)11-6-12/h2-5H,1H3. The third-order valence-electron chi connectivity index (χ3n) is 1.51. The van der Waals surface area contributed by atoms with E-state index in [1.807, 2.05) is 0 Å². The van der Waals surface area contributed by atoms with E-state index in [1.54, 1.807) is 0 Å². The molecule has 0 unspecified atom stereocenters. The summed E-state index contributed by atoms with van der Waals surface area (Å²) < 4.78 is 4.75. The Kier molecular flexibility index (Phi) is 3.49. The predicted octanol–water partition coefficient (Wildman–Crippen LogP) is 1.09. The van der Waals surface area contributed by atoms with Crippen molar-refractivity contribution in [3.63, 3.8) is 0 Å². The highest BCUT2D eigenvalue weighted by Crippen LogP contribution is 2.12. The molecule has 1 aromatic carbocycles. The molecular weight excluding hydrogens is 198 g/mol. The number of hydrogen-bond acceptors (Lipinski definition) is 4. The molecule has 5 nitrogen and oxygen atoms in total. The summed E-state index contributed by atoms with van der Waals surface area (Å²) in [6.07, 6.45) is 1.15. The summed E-state index contributed by atoms with van der Waals surface area (Å²) in [5, 5.41) is 0. The first kappa shape index (κ1) is 10.8. The average molecular weight is 205 g/mol. The molecule has 15 heavy (non-hydrogen) atoms. The van der Waals surface area contributed by atoms with Crippen LogP contribution in [0.15, 0.2) is 29.3 Å². The van der Waals surface area contributed by atoms with Crippen LogP contribution in [0.4, 0.5) is 0 Å². The van der Waals surface area contributed by atoms with Crippen molar-refractivity contribution >= 4 is 18.0 Å². The topological polar surface area (TPSA) is 72.8 Å². The maximum atomic E-state index is 11.0. The van der Waals surface area contributed by atoms with Gasteiger partial charge in [-0.25, -0.2) is 4.79 Å². The Labute approximate surface area is 85.4 Å². The Morgan fingerprint density at radius 1 is 1.27 bits per heavy atom. The number of esters is 1. The van der Waals surface area contributed by atoms with Crippen LogP contribution < -0.4 is 4.74 Å². The van der Waals surface area contributed by atoms with E-state index in [4.69, 9.17) is 4.74 Å². The normalized spacial score (nSPS) is 8.87. The van der Waals surface area contributed by atoms with Crippen LogP contribution in [0.2, 0.25) is 0 Å². The number of isocyanates is 1. The van der Waals surface area contributed by atoms with Gasteiger partial charge in [0.25, 0.3) is 5.91 Å². The molecule has 1 aromatic rings. The third kappa shape index (κ3) is 3.17. The molecule has 0 aliphatic carbocycles. The summed E-state index contributed by atoms with van der Waals surface area (Å²) in [6, 6.07) is 5.69. The Balaban J connectivity index is 2.85. The molecule has 0 bridgehead atoms. The zero-order valence-corrected chi connectivity index (χ0v) is 7.89. The summed E-state index contributed by atoms with van der Waals surface area (Å²) in [7, 11) is 0. The summed E-state index contributed by atoms with van der Waals surface area (Å²) in [6.45, 7) is 1.27. The van der Waals surface area contributed by atoms with Crippen LogP contribution >= 0.6 is 0 Å². The lowest BCUT2D eigenvalue weighted by Gasteiger charge is -2.00. The van der Waals surface area contributed by atoms with E-state index in [1.165, 1.54) is 31.2 Å². The molecule has 0 N–H and O–H groups in total. The molecule has 0 saturated carbocycles. The second-order valence-corrected chi connectivity index (χ2v) is 2.63. The fraction of sp³-hybridized carbons (Fsp3) is 0.100. The quantitative estimate of drug-likeness (QED) is 0.313. The fourth-order valence-corrected chi connectivity index (χ4v) is 0.938. The fourth-order valence-electron chi connectivity index (χ4n) is 0.938. The number of amides is 1. The molecule has 0 spiro atoms. The number of hydrogen-bond donors (Lipinski definition) is 0. The number of aliphatic imine (C=N–C) groups is 1. The van der Waals surface area contributed by atoms with E-state index in [-0.39, 0.29) is 5.56 Å². The number of ether oxygens (including phenoxy) is 1. The first-order valence-electron chi connectivity index (χ1n) is 4.04. The molecule has 0 aromatic heterocycles. The first-order chi connectivity index (χ1) is 7.13. The van der Waals surface area contributed by atoms with Gasteiger partial charge in [0, 0.05) is 12.5 Å². The average Bonchev–Trinajstić information content (AvgIpc) is 2.18. The molecule has 0 heterocycles. The number of carbonyl (C=O) groups is 2. The molecule has 0 saturated heterocycles. The van der Waals surface area contributed by atoms with Crippen LogP contribution in [-0.4, -0.2) is 18.0 Å². The molecule has 0 radical (unpaired) electrons. The Bertz CT molecular complexity index is 429. The maximum absolute atomic E-state index is 11.0. The number of rotatable bonds is 2. The minimum atomic E-state index is -0.681. The van der Waals surface area contributed by atoms with Gasteiger partial charge < -0.3 is 4.74 Å². The molecule has 5 heteroatoms. The summed E-state index contributed by atoms with van der Waals surface area (Å²) in [4.78, 5) is 34.4. The summed E-state index contributed by atoms with van der Waals surface area (Å²) in [5.41, 5.74) is 0.231. The van der Waals surface area contributed by atoms with E-state index in [0.29, 0.717) is 5.75 Å². The van der Waals surface area contributed by atoms with Crippen LogP contribution in [0.5, 0.6) is 5.75 Å². The molecule has 76 valence electrons. The van der Waals surface area contributed by atoms with Crippen LogP contribution in [0, 0.1) is 0 Å². The van der Waals surface area contributed by atoms with E-state index < -0.39 is 11.9 Å². The van der Waals surface area contributed by atoms with E-state index in [2.05, 4.69) is 4.99 Å². The highest BCUT2D eigenvalue weighted by molar-refractivity contribution is 5.97. The van der Waals surface area contributed by atoms with Gasteiger partial charge in [-0.15, -0.1) is 4.99 Å². The van der Waals surface area contributed by atoms with Gasteiger partial charge in [0.2, 0.25) is 6.08 Å². The van der Waals surface area contributed by atoms with E-state index in [0.717, 1.165) is 6.08 Å². The van der Waals surface area contributed by atoms with Crippen LogP contribution in [-0.2, 0) is 9.59 Å². The molecule has 1 rings (SSSR count). The van der Waals surface area contributed by atoms with Crippen molar-refractivity contribution in [2.45, 2.75) is 6.92 Å². The van der Waals surface area contributed by atoms with Gasteiger partial charge >= 0.3 is 5.97 Å². The van der Waals surface area contributed by atoms with Gasteiger partial charge in [-0.2, -0.15) is 0 Å². The van der Waals surface area contributed by atoms with Crippen LogP contribution in [0.1, 0.15) is 17.3 Å². The Hall–Kier alpha value is -2.26. The summed E-state index contributed by atoms with van der Waals surface area (Å²) in [5.74, 6) is -0.798. The maximum Gasteiger partial charge on any atom is 0.308 e. The van der Waals surface area contributed by atoms with Crippen LogP contribution in [0.25, 0.3) is 0 Å². The van der Waals surface area contributed by atoms with Crippen molar-refractivity contribution in [2.24, 2.45) is 4.99 Å². The van der Waals surface area contributed by atoms with Crippen molar-refractivity contribution in [2.75, 3.05) is 0 Å². The largest absolute Gasteiger partial charge is 0.427 e. The van der Waals surface area contributed by atoms with Gasteiger partial charge in [0.05, 0.1) is 0 Å². The molecule has 1 amide bonds. The zero-order chi connectivity index (χ0) is 11.3. The minimum absolute atomic E-state index is 0.231. The van der Waals surface area contributed by atoms with E-state index >= 15 is 0 Å². The minimum Gasteiger partial charge on any atom is -0.427 e. The summed E-state index contributed by atoms with van der Waals surface area (Å²) >= 11 is 0. The lowest BCUT2D eigenvalue weighted by atomic mass is 10.2. The highest BCUT2D eigenvalue weighted by atomic mass is 16.5. The monoisotopic (exact) mass is 205 g/mol. The van der Waals surface area contributed by atoms with Crippen molar-refractivity contribution in [3.05, 3.63) is 29.8 Å². The number of nitrogens with zero attached hydrogens (tertiary/aromatic N) is 1. The molecule has 0 fully saturated rings. The number of benzene rings is 1. The second-order valence-electron chi connectivity index (χ2n) is 2.63. The lowest BCUT2D eigenvalue weighted by Crippen LogP contribution is -2.01. The van der Waals surface area contributed by atoms with Gasteiger partial charge in [0.1, 0.15) is 5.75 Å². The first-order valence-corrected chi connectivity index (χ1v) is 4.04. The van der Waals surface area contributed by atoms with Gasteiger partial charge in [0.15, 0.2) is 0 Å². The van der Waals surface area contributed by atoms with Gasteiger partial charge in [-0.05, 0) is 24.3 Å². The van der Waals surface area contributed by atoms with Crippen molar-refractivity contribution < 1.29 is 19.1 Å². The third-order valence-corrected chi connectivity index (χ3v) is 1.51. The second kappa shape index (κ2) is 4.83. The Morgan fingerprint density at radius 2 is 1.87 bits per heavy atom. The van der Waals surface area contributed by atoms with E-state index in [9.17, 15) is 14.4 Å². The Morgan fingerprint density at radius 3 is 2.33 bits per heavy atom. The van der Waals surface area contributed by atoms with Crippen molar-refractivity contribution in [3.8, 4) is 5.75 Å². The zero-order valence-electron chi connectivity index (χ0n) is 7.89. The lowest BCUT2D eigenvalue weighted by molar-refractivity contribution is -0.131. The smallest absolute Gasteiger partial charge is 0.308 e. The van der Waals surface area contributed by atoms with Crippen molar-refractivity contribution in [1.29, 1.82) is 0 Å². The molecule has 0 aliphatic rings. The molecule has 0 aliphatic heterocycles. The molecule has 0 atom stereocenters. The van der Waals surface area contributed by atoms with Gasteiger partial charge in [-0.3, -0.25) is 9.59 Å². The molecular formula is C10H7NO4. The predicted molar refractivity (Wildman–Crippen MR) is 50.2 cm³/mol. The number of carbonyl (C=O) groups excluding carboxylic acids is 3. The van der Waals surface area contributed by atoms with Crippen molar-refractivity contribution in [1.82, 2.24) is 0 Å².